The minimum absolute atomic E-state index is 0.188. The molecule has 5 nitrogen and oxygen atoms in total. The van der Waals surface area contributed by atoms with Gasteiger partial charge < -0.3 is 23.7 Å². The molecule has 0 radical (unpaired) electrons. The molecule has 3 saturated heterocycles. The molecule has 0 N–H and O–H groups in total. The predicted molar refractivity (Wildman–Crippen MR) is 137 cm³/mol. The molecule has 36 heavy (non-hydrogen) atoms. The Bertz CT molecular complexity index is 746. The van der Waals surface area contributed by atoms with Crippen molar-refractivity contribution in [3.8, 4) is 0 Å². The molecule has 204 valence electrons. The van der Waals surface area contributed by atoms with Crippen molar-refractivity contribution in [2.24, 2.45) is 29.6 Å². The van der Waals surface area contributed by atoms with Crippen LogP contribution in [0, 0.1) is 29.6 Å². The van der Waals surface area contributed by atoms with Crippen LogP contribution >= 0.6 is 0 Å². The van der Waals surface area contributed by atoms with Crippen molar-refractivity contribution in [2.75, 3.05) is 26.4 Å². The maximum absolute atomic E-state index is 7.09. The molecular weight excluding hydrogens is 452 g/mol. The molecule has 7 aliphatic rings. The van der Waals surface area contributed by atoms with E-state index in [9.17, 15) is 0 Å². The molecule has 3 aliphatic heterocycles. The molecule has 0 aromatic carbocycles. The summed E-state index contributed by atoms with van der Waals surface area (Å²) in [5.74, 6) is 2.94. The summed E-state index contributed by atoms with van der Waals surface area (Å²) in [5.41, 5.74) is 0.188. The zero-order chi connectivity index (χ0) is 24.1. The number of hydrogen-bond donors (Lipinski definition) is 0. The minimum atomic E-state index is -0.354. The summed E-state index contributed by atoms with van der Waals surface area (Å²) < 4.78 is 32.8. The Balaban J connectivity index is 0.959. The summed E-state index contributed by atoms with van der Waals surface area (Å²) in [6.45, 7) is 3.29. The third kappa shape index (κ3) is 4.61. The first-order valence-corrected chi connectivity index (χ1v) is 15.9. The quantitative estimate of drug-likeness (QED) is 0.417. The molecule has 0 aromatic heterocycles. The Morgan fingerprint density at radius 1 is 0.528 bits per heavy atom. The van der Waals surface area contributed by atoms with Crippen molar-refractivity contribution < 1.29 is 23.7 Å². The lowest BCUT2D eigenvalue weighted by atomic mass is 9.74. The Labute approximate surface area is 218 Å². The highest BCUT2D eigenvalue weighted by Gasteiger charge is 2.59. The minimum Gasteiger partial charge on any atom is -0.371 e. The number of rotatable bonds is 2. The third-order valence-electron chi connectivity index (χ3n) is 11.8. The van der Waals surface area contributed by atoms with E-state index in [1.165, 1.54) is 96.3 Å². The largest absolute Gasteiger partial charge is 0.371 e. The zero-order valence-corrected chi connectivity index (χ0v) is 22.6. The summed E-state index contributed by atoms with van der Waals surface area (Å²) in [6.07, 6.45) is 23.0. The Hall–Kier alpha value is -0.200. The fourth-order valence-corrected chi connectivity index (χ4v) is 10.0. The summed E-state index contributed by atoms with van der Waals surface area (Å²) >= 11 is 0. The summed E-state index contributed by atoms with van der Waals surface area (Å²) in [4.78, 5) is 0. The van der Waals surface area contributed by atoms with Crippen molar-refractivity contribution in [1.82, 2.24) is 0 Å². The highest BCUT2D eigenvalue weighted by Crippen LogP contribution is 2.59. The van der Waals surface area contributed by atoms with Crippen molar-refractivity contribution in [3.63, 3.8) is 0 Å². The van der Waals surface area contributed by atoms with E-state index in [1.54, 1.807) is 0 Å². The topological polar surface area (TPSA) is 46.2 Å². The van der Waals surface area contributed by atoms with Crippen LogP contribution in [0.1, 0.15) is 116 Å². The SMILES string of the molecule is C1CCC2(CC1)CCCCC(C1CCCC3(C1)OCCC(C1CC4CC1CC41OCCO1)CCO3)O2. The van der Waals surface area contributed by atoms with Crippen LogP contribution in [0.4, 0.5) is 0 Å². The van der Waals surface area contributed by atoms with Gasteiger partial charge in [0.1, 0.15) is 0 Å². The first-order chi connectivity index (χ1) is 17.7. The predicted octanol–water partition coefficient (Wildman–Crippen LogP) is 6.77. The van der Waals surface area contributed by atoms with E-state index in [4.69, 9.17) is 23.7 Å². The van der Waals surface area contributed by atoms with Gasteiger partial charge in [-0.1, -0.05) is 32.1 Å². The fourth-order valence-electron chi connectivity index (χ4n) is 10.0. The zero-order valence-electron chi connectivity index (χ0n) is 22.6. The monoisotopic (exact) mass is 502 g/mol. The second-order valence-corrected chi connectivity index (χ2v) is 13.8. The maximum atomic E-state index is 7.09. The van der Waals surface area contributed by atoms with Gasteiger partial charge in [-0.3, -0.25) is 0 Å². The molecule has 4 aliphatic carbocycles. The molecule has 4 saturated carbocycles. The highest BCUT2D eigenvalue weighted by atomic mass is 16.7. The van der Waals surface area contributed by atoms with E-state index in [-0.39, 0.29) is 17.2 Å². The van der Waals surface area contributed by atoms with Gasteiger partial charge in [-0.25, -0.2) is 0 Å². The van der Waals surface area contributed by atoms with Gasteiger partial charge in [0.2, 0.25) is 0 Å². The van der Waals surface area contributed by atoms with Crippen LogP contribution in [-0.2, 0) is 23.7 Å². The molecule has 5 unspecified atom stereocenters. The molecule has 0 aromatic rings. The van der Waals surface area contributed by atoms with Gasteiger partial charge in [-0.2, -0.15) is 0 Å². The van der Waals surface area contributed by atoms with Gasteiger partial charge in [0.25, 0.3) is 0 Å². The molecule has 3 heterocycles. The lowest BCUT2D eigenvalue weighted by Crippen LogP contribution is -2.48. The maximum Gasteiger partial charge on any atom is 0.171 e. The fraction of sp³-hybridized carbons (Fsp3) is 1.00. The van der Waals surface area contributed by atoms with Crippen LogP contribution in [0.15, 0.2) is 0 Å². The second kappa shape index (κ2) is 10.1. The van der Waals surface area contributed by atoms with E-state index in [1.807, 2.05) is 0 Å². The van der Waals surface area contributed by atoms with Gasteiger partial charge in [0.05, 0.1) is 38.1 Å². The van der Waals surface area contributed by atoms with Crippen LogP contribution < -0.4 is 0 Å². The third-order valence-corrected chi connectivity index (χ3v) is 11.8. The average Bonchev–Trinajstić information content (AvgIpc) is 3.57. The molecular formula is C31H50O5. The molecule has 2 bridgehead atoms. The van der Waals surface area contributed by atoms with Gasteiger partial charge in [-0.15, -0.1) is 0 Å². The van der Waals surface area contributed by atoms with Gasteiger partial charge >= 0.3 is 0 Å². The van der Waals surface area contributed by atoms with Gasteiger partial charge in [0, 0.05) is 25.2 Å². The first-order valence-electron chi connectivity index (χ1n) is 15.9. The lowest BCUT2D eigenvalue weighted by molar-refractivity contribution is -0.278. The molecule has 5 atom stereocenters. The van der Waals surface area contributed by atoms with E-state index in [0.29, 0.717) is 17.9 Å². The van der Waals surface area contributed by atoms with E-state index in [2.05, 4.69) is 0 Å². The summed E-state index contributed by atoms with van der Waals surface area (Å²) in [6, 6.07) is 0. The molecule has 3 spiro atoms. The average molecular weight is 503 g/mol. The van der Waals surface area contributed by atoms with Crippen LogP contribution in [0.3, 0.4) is 0 Å². The van der Waals surface area contributed by atoms with Crippen molar-refractivity contribution in [1.29, 1.82) is 0 Å². The highest BCUT2D eigenvalue weighted by molar-refractivity contribution is 5.04. The molecule has 7 fully saturated rings. The Kier molecular flexibility index (Phi) is 6.95. The lowest BCUT2D eigenvalue weighted by Gasteiger charge is -2.47. The second-order valence-electron chi connectivity index (χ2n) is 13.8. The van der Waals surface area contributed by atoms with Crippen molar-refractivity contribution in [2.45, 2.75) is 139 Å². The number of fused-ring (bicyclic) bond motifs is 3. The van der Waals surface area contributed by atoms with Crippen LogP contribution in [-0.4, -0.2) is 49.7 Å². The normalized spacial score (nSPS) is 46.7. The molecule has 0 amide bonds. The smallest absolute Gasteiger partial charge is 0.171 e. The number of hydrogen-bond acceptors (Lipinski definition) is 5. The standard InChI is InChI=1S/C31H50O5/c1-3-11-29(12-4-1)13-5-2-8-28(36-29)24-7-6-14-30(21-24)32-15-9-23(10-16-33-30)27-20-26-19-25(27)22-31(26)34-17-18-35-31/h23-28H,1-22H2. The van der Waals surface area contributed by atoms with Crippen molar-refractivity contribution in [3.05, 3.63) is 0 Å². The summed E-state index contributed by atoms with van der Waals surface area (Å²) in [7, 11) is 0. The van der Waals surface area contributed by atoms with Crippen molar-refractivity contribution >= 4 is 0 Å². The van der Waals surface area contributed by atoms with E-state index >= 15 is 0 Å². The van der Waals surface area contributed by atoms with E-state index in [0.717, 1.165) is 63.4 Å². The Morgan fingerprint density at radius 2 is 1.28 bits per heavy atom. The van der Waals surface area contributed by atoms with Crippen LogP contribution in [0.2, 0.25) is 0 Å². The molecule has 5 heteroatoms. The van der Waals surface area contributed by atoms with Gasteiger partial charge in [-0.05, 0) is 87.9 Å². The van der Waals surface area contributed by atoms with Gasteiger partial charge in [0.15, 0.2) is 11.6 Å². The first kappa shape index (κ1) is 24.8. The van der Waals surface area contributed by atoms with E-state index < -0.39 is 0 Å². The number of ether oxygens (including phenoxy) is 5. The Morgan fingerprint density at radius 3 is 2.00 bits per heavy atom. The summed E-state index contributed by atoms with van der Waals surface area (Å²) in [5, 5.41) is 0. The molecule has 7 rings (SSSR count). The van der Waals surface area contributed by atoms with Crippen LogP contribution in [0.5, 0.6) is 0 Å². The van der Waals surface area contributed by atoms with Crippen LogP contribution in [0.25, 0.3) is 0 Å².